The summed E-state index contributed by atoms with van der Waals surface area (Å²) in [5.41, 5.74) is 1.74. The summed E-state index contributed by atoms with van der Waals surface area (Å²) < 4.78 is 5.60. The van der Waals surface area contributed by atoms with Crippen LogP contribution < -0.4 is 10.2 Å². The third-order valence-corrected chi connectivity index (χ3v) is 7.40. The molecule has 1 amide bonds. The molecule has 2 saturated heterocycles. The Balaban J connectivity index is 1.40. The lowest BCUT2D eigenvalue weighted by Gasteiger charge is -2.48. The van der Waals surface area contributed by atoms with E-state index in [1.165, 1.54) is 19.3 Å². The van der Waals surface area contributed by atoms with Crippen LogP contribution in [-0.4, -0.2) is 67.3 Å². The van der Waals surface area contributed by atoms with Gasteiger partial charge in [-0.1, -0.05) is 37.5 Å². The van der Waals surface area contributed by atoms with Gasteiger partial charge < -0.3 is 15.0 Å². The predicted molar refractivity (Wildman–Crippen MR) is 124 cm³/mol. The maximum atomic E-state index is 13.5. The van der Waals surface area contributed by atoms with Crippen molar-refractivity contribution in [3.05, 3.63) is 35.9 Å². The second-order valence-electron chi connectivity index (χ2n) is 9.31. The molecule has 6 nitrogen and oxygen atoms in total. The van der Waals surface area contributed by atoms with Crippen LogP contribution >= 0.6 is 0 Å². The van der Waals surface area contributed by atoms with Crippen LogP contribution in [0.4, 0.5) is 5.82 Å². The molecule has 1 aromatic heterocycles. The van der Waals surface area contributed by atoms with E-state index >= 15 is 0 Å². The van der Waals surface area contributed by atoms with Crippen LogP contribution in [0.1, 0.15) is 55.3 Å². The van der Waals surface area contributed by atoms with Crippen molar-refractivity contribution in [3.63, 3.8) is 0 Å². The summed E-state index contributed by atoms with van der Waals surface area (Å²) >= 11 is 0. The number of nitrogens with one attached hydrogen (secondary N) is 1. The fourth-order valence-corrected chi connectivity index (χ4v) is 5.64. The highest BCUT2D eigenvalue weighted by atomic mass is 16.5. The zero-order valence-electron chi connectivity index (χ0n) is 18.4. The van der Waals surface area contributed by atoms with Crippen molar-refractivity contribution < 1.29 is 9.53 Å². The van der Waals surface area contributed by atoms with E-state index in [9.17, 15) is 4.79 Å². The van der Waals surface area contributed by atoms with Gasteiger partial charge in [0.2, 0.25) is 0 Å². The number of morpholine rings is 1. The number of fused-ring (bicyclic) bond motifs is 1. The first-order valence-electron chi connectivity index (χ1n) is 12.0. The van der Waals surface area contributed by atoms with Crippen molar-refractivity contribution in [2.24, 2.45) is 0 Å². The molecule has 3 aliphatic rings. The highest BCUT2D eigenvalue weighted by molar-refractivity contribution is 6.02. The Morgan fingerprint density at radius 3 is 2.52 bits per heavy atom. The van der Waals surface area contributed by atoms with Crippen molar-refractivity contribution >= 4 is 22.6 Å². The van der Waals surface area contributed by atoms with Gasteiger partial charge in [-0.3, -0.25) is 9.69 Å². The standard InChI is InChI=1S/C25H34N4O2/c30-24(26-19-25(10-4-1-5-11-25)29-14-16-31-17-15-29)21-18-20-8-2-3-9-22(20)27-23(21)28-12-6-7-13-28/h2-3,8-9,18H,1,4-7,10-17,19H2,(H,26,30). The second-order valence-corrected chi connectivity index (χ2v) is 9.31. The summed E-state index contributed by atoms with van der Waals surface area (Å²) in [6.07, 6.45) is 8.41. The normalized spacial score (nSPS) is 22.0. The minimum atomic E-state index is 0.0124. The molecule has 0 spiro atoms. The Bertz CT molecular complexity index is 913. The monoisotopic (exact) mass is 422 g/mol. The van der Waals surface area contributed by atoms with Gasteiger partial charge in [0.05, 0.1) is 24.3 Å². The topological polar surface area (TPSA) is 57.7 Å². The molecule has 3 fully saturated rings. The lowest BCUT2D eigenvalue weighted by atomic mass is 9.79. The van der Waals surface area contributed by atoms with Gasteiger partial charge in [-0.15, -0.1) is 0 Å². The molecule has 1 aliphatic carbocycles. The van der Waals surface area contributed by atoms with Gasteiger partial charge in [0, 0.05) is 43.6 Å². The largest absolute Gasteiger partial charge is 0.379 e. The molecule has 2 aromatic rings. The first-order valence-corrected chi connectivity index (χ1v) is 12.0. The smallest absolute Gasteiger partial charge is 0.255 e. The molecule has 0 unspecified atom stereocenters. The van der Waals surface area contributed by atoms with Crippen LogP contribution in [0, 0.1) is 0 Å². The molecule has 166 valence electrons. The summed E-state index contributed by atoms with van der Waals surface area (Å²) in [5, 5.41) is 4.37. The number of amides is 1. The number of ether oxygens (including phenoxy) is 1. The average molecular weight is 423 g/mol. The van der Waals surface area contributed by atoms with E-state index in [2.05, 4.69) is 15.1 Å². The Hall–Kier alpha value is -2.18. The van der Waals surface area contributed by atoms with Crippen LogP contribution in [0.5, 0.6) is 0 Å². The fraction of sp³-hybridized carbons (Fsp3) is 0.600. The number of aromatic nitrogens is 1. The summed E-state index contributed by atoms with van der Waals surface area (Å²) in [6.45, 7) is 6.18. The molecule has 1 N–H and O–H groups in total. The molecule has 2 aliphatic heterocycles. The Morgan fingerprint density at radius 2 is 1.74 bits per heavy atom. The lowest BCUT2D eigenvalue weighted by molar-refractivity contribution is -0.0361. The highest BCUT2D eigenvalue weighted by Gasteiger charge is 2.39. The zero-order valence-corrected chi connectivity index (χ0v) is 18.4. The average Bonchev–Trinajstić information content (AvgIpc) is 3.38. The number of benzene rings is 1. The minimum Gasteiger partial charge on any atom is -0.379 e. The summed E-state index contributed by atoms with van der Waals surface area (Å²) in [5.74, 6) is 0.858. The van der Waals surface area contributed by atoms with E-state index in [-0.39, 0.29) is 11.4 Å². The van der Waals surface area contributed by atoms with Crippen LogP contribution in [0.25, 0.3) is 10.9 Å². The molecule has 0 radical (unpaired) electrons. The number of pyridine rings is 1. The van der Waals surface area contributed by atoms with Crippen molar-refractivity contribution in [2.75, 3.05) is 50.8 Å². The van der Waals surface area contributed by atoms with Gasteiger partial charge in [0.1, 0.15) is 5.82 Å². The number of carbonyl (C=O) groups is 1. The maximum absolute atomic E-state index is 13.5. The Kier molecular flexibility index (Phi) is 6.10. The number of nitrogens with zero attached hydrogens (tertiary/aromatic N) is 3. The zero-order chi connectivity index (χ0) is 21.1. The van der Waals surface area contributed by atoms with Gasteiger partial charge in [-0.2, -0.15) is 0 Å². The summed E-state index contributed by atoms with van der Waals surface area (Å²) in [6, 6.07) is 10.1. The van der Waals surface area contributed by atoms with Crippen LogP contribution in [0.2, 0.25) is 0 Å². The Labute approximate surface area is 184 Å². The Morgan fingerprint density at radius 1 is 1.00 bits per heavy atom. The molecule has 1 saturated carbocycles. The number of para-hydroxylation sites is 1. The highest BCUT2D eigenvalue weighted by Crippen LogP contribution is 2.34. The molecule has 5 rings (SSSR count). The molecule has 1 aromatic carbocycles. The van der Waals surface area contributed by atoms with Crippen molar-refractivity contribution in [1.82, 2.24) is 15.2 Å². The molecule has 31 heavy (non-hydrogen) atoms. The van der Waals surface area contributed by atoms with Gasteiger partial charge >= 0.3 is 0 Å². The SMILES string of the molecule is O=C(NCC1(N2CCOCC2)CCCCC1)c1cc2ccccc2nc1N1CCCC1. The van der Waals surface area contributed by atoms with E-state index in [1.807, 2.05) is 30.3 Å². The molecular formula is C25H34N4O2. The van der Waals surface area contributed by atoms with Crippen LogP contribution in [0.15, 0.2) is 30.3 Å². The van der Waals surface area contributed by atoms with E-state index in [1.54, 1.807) is 0 Å². The van der Waals surface area contributed by atoms with E-state index in [0.717, 1.165) is 81.8 Å². The van der Waals surface area contributed by atoms with E-state index in [0.29, 0.717) is 12.1 Å². The number of hydrogen-bond acceptors (Lipinski definition) is 5. The number of anilines is 1. The van der Waals surface area contributed by atoms with Crippen LogP contribution in [-0.2, 0) is 4.74 Å². The molecular weight excluding hydrogens is 388 g/mol. The van der Waals surface area contributed by atoms with E-state index in [4.69, 9.17) is 9.72 Å². The molecule has 6 heteroatoms. The van der Waals surface area contributed by atoms with Crippen LogP contribution in [0.3, 0.4) is 0 Å². The summed E-state index contributed by atoms with van der Waals surface area (Å²) in [4.78, 5) is 23.3. The van der Waals surface area contributed by atoms with Crippen molar-refractivity contribution in [3.8, 4) is 0 Å². The number of rotatable bonds is 5. The van der Waals surface area contributed by atoms with Crippen molar-refractivity contribution in [2.45, 2.75) is 50.5 Å². The molecule has 0 atom stereocenters. The van der Waals surface area contributed by atoms with Crippen molar-refractivity contribution in [1.29, 1.82) is 0 Å². The third kappa shape index (κ3) is 4.28. The fourth-order valence-electron chi connectivity index (χ4n) is 5.64. The molecule has 0 bridgehead atoms. The predicted octanol–water partition coefficient (Wildman–Crippen LogP) is 3.60. The quantitative estimate of drug-likeness (QED) is 0.798. The summed E-state index contributed by atoms with van der Waals surface area (Å²) in [7, 11) is 0. The van der Waals surface area contributed by atoms with Gasteiger partial charge in [-0.05, 0) is 37.8 Å². The maximum Gasteiger partial charge on any atom is 0.255 e. The van der Waals surface area contributed by atoms with E-state index < -0.39 is 0 Å². The second kappa shape index (κ2) is 9.13. The first kappa shape index (κ1) is 20.7. The third-order valence-electron chi connectivity index (χ3n) is 7.40. The van der Waals surface area contributed by atoms with Gasteiger partial charge in [0.25, 0.3) is 5.91 Å². The van der Waals surface area contributed by atoms with Gasteiger partial charge in [0.15, 0.2) is 0 Å². The minimum absolute atomic E-state index is 0.0124. The molecule has 3 heterocycles. The lowest BCUT2D eigenvalue weighted by Crippen LogP contribution is -2.59. The first-order chi connectivity index (χ1) is 15.3. The van der Waals surface area contributed by atoms with Gasteiger partial charge in [-0.25, -0.2) is 4.98 Å². The number of carbonyl (C=O) groups excluding carboxylic acids is 1. The number of hydrogen-bond donors (Lipinski definition) is 1.